The van der Waals surface area contributed by atoms with Crippen molar-refractivity contribution in [1.29, 1.82) is 0 Å². The minimum atomic E-state index is -3.93. The third-order valence-electron chi connectivity index (χ3n) is 5.55. The van der Waals surface area contributed by atoms with Crippen LogP contribution in [-0.4, -0.2) is 18.5 Å². The molecule has 8 heteroatoms. The van der Waals surface area contributed by atoms with Crippen LogP contribution in [0, 0.1) is 6.92 Å². The maximum Gasteiger partial charge on any atom is 0.262 e. The number of pyridine rings is 1. The van der Waals surface area contributed by atoms with Gasteiger partial charge in [0.2, 0.25) is 0 Å². The Labute approximate surface area is 206 Å². The quantitative estimate of drug-likeness (QED) is 0.251. The van der Waals surface area contributed by atoms with Crippen LogP contribution >= 0.6 is 23.4 Å². The molecule has 4 aromatic carbocycles. The summed E-state index contributed by atoms with van der Waals surface area (Å²) in [5, 5.41) is 13.5. The summed E-state index contributed by atoms with van der Waals surface area (Å²) in [5.41, 5.74) is 1.64. The zero-order valence-electron chi connectivity index (χ0n) is 18.0. The highest BCUT2D eigenvalue weighted by Crippen LogP contribution is 2.44. The smallest absolute Gasteiger partial charge is 0.262 e. The number of nitrogens with one attached hydrogen (secondary N) is 1. The summed E-state index contributed by atoms with van der Waals surface area (Å²) in [5.74, 6) is 0.0791. The van der Waals surface area contributed by atoms with Crippen LogP contribution in [0.3, 0.4) is 0 Å². The van der Waals surface area contributed by atoms with Gasteiger partial charge in [0.25, 0.3) is 10.0 Å². The first-order chi connectivity index (χ1) is 16.3. The van der Waals surface area contributed by atoms with Crippen LogP contribution < -0.4 is 4.72 Å². The number of hydrogen-bond acceptors (Lipinski definition) is 5. The lowest BCUT2D eigenvalue weighted by Gasteiger charge is -2.16. The molecule has 5 nitrogen and oxygen atoms in total. The number of phenolic OH excluding ortho intramolecular Hbond substituents is 1. The van der Waals surface area contributed by atoms with Crippen molar-refractivity contribution in [3.05, 3.63) is 95.6 Å². The van der Waals surface area contributed by atoms with Crippen LogP contribution in [0.4, 0.5) is 5.69 Å². The number of para-hydroxylation sites is 1. The molecule has 0 aliphatic rings. The molecule has 0 atom stereocenters. The molecule has 0 radical (unpaired) electrons. The van der Waals surface area contributed by atoms with Crippen molar-refractivity contribution in [1.82, 2.24) is 4.98 Å². The van der Waals surface area contributed by atoms with Crippen molar-refractivity contribution >= 4 is 60.7 Å². The van der Waals surface area contributed by atoms with E-state index in [1.807, 2.05) is 30.3 Å². The molecule has 0 saturated carbocycles. The predicted molar refractivity (Wildman–Crippen MR) is 138 cm³/mol. The fourth-order valence-corrected chi connectivity index (χ4v) is 6.46. The van der Waals surface area contributed by atoms with Crippen molar-refractivity contribution in [2.75, 3.05) is 4.72 Å². The van der Waals surface area contributed by atoms with Gasteiger partial charge in [-0.2, -0.15) is 0 Å². The summed E-state index contributed by atoms with van der Waals surface area (Å²) < 4.78 is 29.3. The van der Waals surface area contributed by atoms with E-state index >= 15 is 0 Å². The van der Waals surface area contributed by atoms with E-state index < -0.39 is 10.0 Å². The number of aromatic nitrogens is 1. The van der Waals surface area contributed by atoms with E-state index in [1.54, 1.807) is 55.6 Å². The van der Waals surface area contributed by atoms with Gasteiger partial charge in [-0.25, -0.2) is 8.42 Å². The molecule has 0 bridgehead atoms. The van der Waals surface area contributed by atoms with Crippen LogP contribution in [0.5, 0.6) is 5.75 Å². The van der Waals surface area contributed by atoms with Gasteiger partial charge in [-0.05, 0) is 42.8 Å². The van der Waals surface area contributed by atoms with Gasteiger partial charge in [-0.3, -0.25) is 9.71 Å². The number of sulfonamides is 1. The van der Waals surface area contributed by atoms with Gasteiger partial charge < -0.3 is 5.11 Å². The highest BCUT2D eigenvalue weighted by molar-refractivity contribution is 7.99. The Kier molecular flexibility index (Phi) is 5.85. The predicted octanol–water partition coefficient (Wildman–Crippen LogP) is 7.01. The highest BCUT2D eigenvalue weighted by Gasteiger charge is 2.21. The minimum absolute atomic E-state index is 0.0791. The highest BCUT2D eigenvalue weighted by atomic mass is 35.5. The maximum atomic E-state index is 13.3. The standard InChI is InChI=1S/C26H19ClN2O3S2/c1-16-20(27)11-5-13-24(16)34(31,32)29-21-15-23(26(30)19-10-3-2-9-18(19)21)33-22-12-4-7-17-8-6-14-28-25(17)22/h2-15,29-30H,1H3. The molecule has 0 fully saturated rings. The normalized spacial score (nSPS) is 11.7. The Hall–Kier alpha value is -3.26. The van der Waals surface area contributed by atoms with Gasteiger partial charge in [-0.15, -0.1) is 0 Å². The second kappa shape index (κ2) is 8.83. The lowest BCUT2D eigenvalue weighted by atomic mass is 10.1. The summed E-state index contributed by atoms with van der Waals surface area (Å²) in [4.78, 5) is 5.95. The second-order valence-electron chi connectivity index (χ2n) is 7.72. The largest absolute Gasteiger partial charge is 0.506 e. The Morgan fingerprint density at radius 2 is 1.65 bits per heavy atom. The first-order valence-corrected chi connectivity index (χ1v) is 13.1. The first-order valence-electron chi connectivity index (χ1n) is 10.4. The summed E-state index contributed by atoms with van der Waals surface area (Å²) in [6.45, 7) is 1.67. The van der Waals surface area contributed by atoms with Gasteiger partial charge in [0.15, 0.2) is 0 Å². The molecule has 1 aromatic heterocycles. The number of hydrogen-bond donors (Lipinski definition) is 2. The minimum Gasteiger partial charge on any atom is -0.506 e. The number of fused-ring (bicyclic) bond motifs is 2. The van der Waals surface area contributed by atoms with Crippen molar-refractivity contribution in [3.63, 3.8) is 0 Å². The molecule has 0 saturated heterocycles. The van der Waals surface area contributed by atoms with E-state index in [1.165, 1.54) is 17.8 Å². The lowest BCUT2D eigenvalue weighted by molar-refractivity contribution is 0.469. The third-order valence-corrected chi connectivity index (χ3v) is 8.55. The van der Waals surface area contributed by atoms with Crippen LogP contribution in [0.15, 0.2) is 99.7 Å². The van der Waals surface area contributed by atoms with Crippen LogP contribution in [-0.2, 0) is 10.0 Å². The summed E-state index contributed by atoms with van der Waals surface area (Å²) in [6.07, 6.45) is 1.72. The van der Waals surface area contributed by atoms with Crippen LogP contribution in [0.25, 0.3) is 21.7 Å². The van der Waals surface area contributed by atoms with E-state index in [-0.39, 0.29) is 10.6 Å². The topological polar surface area (TPSA) is 79.3 Å². The van der Waals surface area contributed by atoms with Gasteiger partial charge >= 0.3 is 0 Å². The van der Waals surface area contributed by atoms with Crippen molar-refractivity contribution < 1.29 is 13.5 Å². The lowest BCUT2D eigenvalue weighted by Crippen LogP contribution is -2.14. The van der Waals surface area contributed by atoms with Gasteiger partial charge in [-0.1, -0.05) is 71.9 Å². The molecule has 0 unspecified atom stereocenters. The van der Waals surface area contributed by atoms with Crippen molar-refractivity contribution in [2.45, 2.75) is 21.6 Å². The molecule has 5 aromatic rings. The fourth-order valence-electron chi connectivity index (χ4n) is 3.85. The number of aromatic hydroxyl groups is 1. The molecule has 0 amide bonds. The Bertz CT molecular complexity index is 1670. The molecular formula is C26H19ClN2O3S2. The summed E-state index contributed by atoms with van der Waals surface area (Å²) in [7, 11) is -3.93. The molecule has 34 heavy (non-hydrogen) atoms. The Balaban J connectivity index is 1.64. The molecule has 0 aliphatic carbocycles. The van der Waals surface area contributed by atoms with Gasteiger partial charge in [0.1, 0.15) is 5.75 Å². The second-order valence-corrected chi connectivity index (χ2v) is 10.9. The summed E-state index contributed by atoms with van der Waals surface area (Å²) >= 11 is 7.50. The van der Waals surface area contributed by atoms with Crippen LogP contribution in [0.2, 0.25) is 5.02 Å². The maximum absolute atomic E-state index is 13.3. The van der Waals surface area contributed by atoms with E-state index in [4.69, 9.17) is 11.6 Å². The Morgan fingerprint density at radius 1 is 0.912 bits per heavy atom. The SMILES string of the molecule is Cc1c(Cl)cccc1S(=O)(=O)Nc1cc(Sc2cccc3cccnc23)c(O)c2ccccc12. The number of rotatable bonds is 5. The fraction of sp³-hybridized carbons (Fsp3) is 0.0385. The molecule has 1 heterocycles. The number of phenols is 1. The molecule has 5 rings (SSSR count). The van der Waals surface area contributed by atoms with E-state index in [2.05, 4.69) is 9.71 Å². The number of anilines is 1. The molecule has 0 spiro atoms. The third kappa shape index (κ3) is 4.07. The summed E-state index contributed by atoms with van der Waals surface area (Å²) in [6, 6.07) is 23.2. The zero-order valence-corrected chi connectivity index (χ0v) is 20.4. The average molecular weight is 507 g/mol. The van der Waals surface area contributed by atoms with Gasteiger partial charge in [0, 0.05) is 32.3 Å². The Morgan fingerprint density at radius 3 is 2.47 bits per heavy atom. The molecule has 170 valence electrons. The van der Waals surface area contributed by atoms with Crippen molar-refractivity contribution in [2.24, 2.45) is 0 Å². The number of benzene rings is 4. The molecule has 0 aliphatic heterocycles. The van der Waals surface area contributed by atoms with E-state index in [0.717, 1.165) is 15.8 Å². The van der Waals surface area contributed by atoms with Gasteiger partial charge in [0.05, 0.1) is 21.0 Å². The van der Waals surface area contributed by atoms with Crippen LogP contribution in [0.1, 0.15) is 5.56 Å². The molecule has 2 N–H and O–H groups in total. The van der Waals surface area contributed by atoms with E-state index in [9.17, 15) is 13.5 Å². The molecular weight excluding hydrogens is 488 g/mol. The number of nitrogens with zero attached hydrogens (tertiary/aromatic N) is 1. The van der Waals surface area contributed by atoms with Crippen molar-refractivity contribution in [3.8, 4) is 5.75 Å². The monoisotopic (exact) mass is 506 g/mol. The number of halogens is 1. The average Bonchev–Trinajstić information content (AvgIpc) is 2.84. The zero-order chi connectivity index (χ0) is 23.9. The van der Waals surface area contributed by atoms with E-state index in [0.29, 0.717) is 31.9 Å². The first kappa shape index (κ1) is 22.5.